The number of carbonyl (C=O) groups is 2. The van der Waals surface area contributed by atoms with Gasteiger partial charge in [0, 0.05) is 32.4 Å². The molecule has 1 fully saturated rings. The van der Waals surface area contributed by atoms with Gasteiger partial charge in [0.2, 0.25) is 12.3 Å². The first-order chi connectivity index (χ1) is 12.2. The van der Waals surface area contributed by atoms with Gasteiger partial charge in [-0.25, -0.2) is 0 Å². The number of hydrogen-bond acceptors (Lipinski definition) is 4. The summed E-state index contributed by atoms with van der Waals surface area (Å²) in [6.45, 7) is 2.20. The monoisotopic (exact) mass is 339 g/mol. The first kappa shape index (κ1) is 17.0. The smallest absolute Gasteiger partial charge is 0.236 e. The average Bonchev–Trinajstić information content (AvgIpc) is 2.69. The van der Waals surface area contributed by atoms with Crippen LogP contribution in [0.3, 0.4) is 0 Å². The molecule has 2 heterocycles. The molecule has 130 valence electrons. The Bertz CT molecular complexity index is 710. The maximum atomic E-state index is 13.2. The van der Waals surface area contributed by atoms with Gasteiger partial charge >= 0.3 is 0 Å². The standard InChI is InChI=1S/C19H21N3O3/c1-25-16-7-5-15(6-8-16)18(17-4-2-3-9-20-17)19(24)22-12-10-21(14-23)11-13-22/h2-9,14,18H,10-13H2,1H3. The number of carbonyl (C=O) groups excluding carboxylic acids is 2. The van der Waals surface area contributed by atoms with Crippen LogP contribution in [0.2, 0.25) is 0 Å². The summed E-state index contributed by atoms with van der Waals surface area (Å²) in [4.78, 5) is 32.0. The summed E-state index contributed by atoms with van der Waals surface area (Å²) in [5.74, 6) is 0.292. The highest BCUT2D eigenvalue weighted by atomic mass is 16.5. The van der Waals surface area contributed by atoms with Crippen molar-refractivity contribution in [3.8, 4) is 5.75 Å². The maximum Gasteiger partial charge on any atom is 0.236 e. The average molecular weight is 339 g/mol. The second kappa shape index (κ2) is 7.79. The fourth-order valence-corrected chi connectivity index (χ4v) is 3.01. The summed E-state index contributed by atoms with van der Waals surface area (Å²) in [7, 11) is 1.61. The molecule has 2 aromatic rings. The molecule has 1 aliphatic heterocycles. The third-order valence-electron chi connectivity index (χ3n) is 4.45. The minimum atomic E-state index is -0.463. The SMILES string of the molecule is COc1ccc(C(C(=O)N2CCN(C=O)CC2)c2ccccn2)cc1. The highest BCUT2D eigenvalue weighted by Crippen LogP contribution is 2.27. The van der Waals surface area contributed by atoms with Gasteiger partial charge in [-0.3, -0.25) is 14.6 Å². The van der Waals surface area contributed by atoms with E-state index in [0.29, 0.717) is 26.2 Å². The number of amides is 2. The molecule has 1 saturated heterocycles. The van der Waals surface area contributed by atoms with Crippen LogP contribution in [0.4, 0.5) is 0 Å². The van der Waals surface area contributed by atoms with Gasteiger partial charge in [-0.05, 0) is 29.8 Å². The number of methoxy groups -OCH3 is 1. The quantitative estimate of drug-likeness (QED) is 0.775. The van der Waals surface area contributed by atoms with Gasteiger partial charge in [-0.15, -0.1) is 0 Å². The summed E-state index contributed by atoms with van der Waals surface area (Å²) < 4.78 is 5.21. The van der Waals surface area contributed by atoms with Crippen LogP contribution in [0.5, 0.6) is 5.75 Å². The van der Waals surface area contributed by atoms with Crippen LogP contribution in [-0.4, -0.2) is 60.4 Å². The van der Waals surface area contributed by atoms with Gasteiger partial charge < -0.3 is 14.5 Å². The number of ether oxygens (including phenoxy) is 1. The zero-order chi connectivity index (χ0) is 17.6. The maximum absolute atomic E-state index is 13.2. The van der Waals surface area contributed by atoms with Gasteiger partial charge in [0.1, 0.15) is 11.7 Å². The largest absolute Gasteiger partial charge is 0.497 e. The highest BCUT2D eigenvalue weighted by molar-refractivity contribution is 5.87. The third-order valence-corrected chi connectivity index (χ3v) is 4.45. The van der Waals surface area contributed by atoms with Crippen LogP contribution < -0.4 is 4.74 Å². The summed E-state index contributed by atoms with van der Waals surface area (Å²) in [5.41, 5.74) is 1.60. The summed E-state index contributed by atoms with van der Waals surface area (Å²) in [5, 5.41) is 0. The molecule has 1 aliphatic rings. The van der Waals surface area contributed by atoms with Crippen LogP contribution in [0.25, 0.3) is 0 Å². The van der Waals surface area contributed by atoms with E-state index < -0.39 is 5.92 Å². The van der Waals surface area contributed by atoms with Crippen molar-refractivity contribution in [2.24, 2.45) is 0 Å². The van der Waals surface area contributed by atoms with Crippen molar-refractivity contribution >= 4 is 12.3 Å². The van der Waals surface area contributed by atoms with E-state index in [4.69, 9.17) is 4.74 Å². The van der Waals surface area contributed by atoms with Crippen molar-refractivity contribution in [3.05, 3.63) is 59.9 Å². The minimum Gasteiger partial charge on any atom is -0.497 e. The number of pyridine rings is 1. The lowest BCUT2D eigenvalue weighted by molar-refractivity contribution is -0.135. The zero-order valence-electron chi connectivity index (χ0n) is 14.2. The van der Waals surface area contributed by atoms with Gasteiger partial charge in [-0.1, -0.05) is 18.2 Å². The second-order valence-electron chi connectivity index (χ2n) is 5.93. The Morgan fingerprint density at radius 3 is 2.40 bits per heavy atom. The van der Waals surface area contributed by atoms with Crippen LogP contribution in [0.15, 0.2) is 48.7 Å². The third kappa shape index (κ3) is 3.79. The molecule has 0 aliphatic carbocycles. The van der Waals surface area contributed by atoms with E-state index in [2.05, 4.69) is 4.98 Å². The van der Waals surface area contributed by atoms with Crippen LogP contribution in [0.1, 0.15) is 17.2 Å². The van der Waals surface area contributed by atoms with Crippen molar-refractivity contribution < 1.29 is 14.3 Å². The van der Waals surface area contributed by atoms with E-state index in [1.807, 2.05) is 47.4 Å². The fourth-order valence-electron chi connectivity index (χ4n) is 3.01. The Balaban J connectivity index is 1.88. The topological polar surface area (TPSA) is 62.7 Å². The van der Waals surface area contributed by atoms with E-state index >= 15 is 0 Å². The van der Waals surface area contributed by atoms with E-state index in [0.717, 1.165) is 23.4 Å². The Kier molecular flexibility index (Phi) is 5.28. The molecule has 1 aromatic heterocycles. The van der Waals surface area contributed by atoms with E-state index in [1.54, 1.807) is 18.2 Å². The van der Waals surface area contributed by atoms with E-state index in [-0.39, 0.29) is 5.91 Å². The van der Waals surface area contributed by atoms with E-state index in [9.17, 15) is 9.59 Å². The normalized spacial score (nSPS) is 15.6. The molecule has 0 N–H and O–H groups in total. The molecular weight excluding hydrogens is 318 g/mol. The van der Waals surface area contributed by atoms with Crippen molar-refractivity contribution in [3.63, 3.8) is 0 Å². The van der Waals surface area contributed by atoms with Gasteiger partial charge in [0.25, 0.3) is 0 Å². The zero-order valence-corrected chi connectivity index (χ0v) is 14.2. The van der Waals surface area contributed by atoms with Crippen LogP contribution >= 0.6 is 0 Å². The van der Waals surface area contributed by atoms with Crippen molar-refractivity contribution in [2.45, 2.75) is 5.92 Å². The summed E-state index contributed by atoms with van der Waals surface area (Å²) in [6, 6.07) is 13.1. The molecule has 6 heteroatoms. The Morgan fingerprint density at radius 2 is 1.84 bits per heavy atom. The predicted molar refractivity (Wildman–Crippen MR) is 93.3 cm³/mol. The van der Waals surface area contributed by atoms with Crippen molar-refractivity contribution in [2.75, 3.05) is 33.3 Å². The molecule has 3 rings (SSSR count). The molecule has 1 aromatic carbocycles. The Labute approximate surface area is 147 Å². The molecule has 0 saturated carbocycles. The molecule has 1 unspecified atom stereocenters. The summed E-state index contributed by atoms with van der Waals surface area (Å²) >= 11 is 0. The highest BCUT2D eigenvalue weighted by Gasteiger charge is 2.30. The fraction of sp³-hybridized carbons (Fsp3) is 0.316. The van der Waals surface area contributed by atoms with Crippen molar-refractivity contribution in [1.29, 1.82) is 0 Å². The van der Waals surface area contributed by atoms with Gasteiger partial charge in [0.15, 0.2) is 0 Å². The molecule has 0 spiro atoms. The van der Waals surface area contributed by atoms with Crippen LogP contribution in [0, 0.1) is 0 Å². The molecular formula is C19H21N3O3. The second-order valence-corrected chi connectivity index (χ2v) is 5.93. The summed E-state index contributed by atoms with van der Waals surface area (Å²) in [6.07, 6.45) is 2.53. The van der Waals surface area contributed by atoms with Gasteiger partial charge in [-0.2, -0.15) is 0 Å². The number of nitrogens with zero attached hydrogens (tertiary/aromatic N) is 3. The van der Waals surface area contributed by atoms with Crippen LogP contribution in [-0.2, 0) is 9.59 Å². The molecule has 0 bridgehead atoms. The number of hydrogen-bond donors (Lipinski definition) is 0. The lowest BCUT2D eigenvalue weighted by atomic mass is 9.93. The minimum absolute atomic E-state index is 0.00872. The lowest BCUT2D eigenvalue weighted by Crippen LogP contribution is -2.49. The molecule has 0 radical (unpaired) electrons. The number of aromatic nitrogens is 1. The Morgan fingerprint density at radius 1 is 1.12 bits per heavy atom. The first-order valence-electron chi connectivity index (χ1n) is 8.26. The predicted octanol–water partition coefficient (Wildman–Crippen LogP) is 1.52. The Hall–Kier alpha value is -2.89. The number of rotatable bonds is 5. The van der Waals surface area contributed by atoms with Gasteiger partial charge in [0.05, 0.1) is 12.8 Å². The van der Waals surface area contributed by atoms with E-state index in [1.165, 1.54) is 0 Å². The first-order valence-corrected chi connectivity index (χ1v) is 8.26. The molecule has 1 atom stereocenters. The number of benzene rings is 1. The number of piperazine rings is 1. The molecule has 25 heavy (non-hydrogen) atoms. The molecule has 2 amide bonds. The lowest BCUT2D eigenvalue weighted by Gasteiger charge is -2.34. The molecule has 6 nitrogen and oxygen atoms in total. The van der Waals surface area contributed by atoms with Crippen molar-refractivity contribution in [1.82, 2.24) is 14.8 Å².